The van der Waals surface area contributed by atoms with Crippen molar-refractivity contribution in [2.24, 2.45) is 0 Å². The second-order valence-electron chi connectivity index (χ2n) is 5.59. The zero-order valence-electron chi connectivity index (χ0n) is 14.1. The number of benzene rings is 2. The van der Waals surface area contributed by atoms with Crippen LogP contribution >= 0.6 is 15.9 Å². The fraction of sp³-hybridized carbons (Fsp3) is 0.235. The smallest absolute Gasteiger partial charge is 0.422 e. The second kappa shape index (κ2) is 9.00. The van der Waals surface area contributed by atoms with E-state index in [1.165, 1.54) is 18.2 Å². The molecule has 0 radical (unpaired) electrons. The van der Waals surface area contributed by atoms with Crippen molar-refractivity contribution in [3.05, 3.63) is 67.9 Å². The van der Waals surface area contributed by atoms with Gasteiger partial charge in [0.15, 0.2) is 6.61 Å². The quantitative estimate of drug-likeness (QED) is 0.373. The van der Waals surface area contributed by atoms with E-state index in [4.69, 9.17) is 0 Å². The van der Waals surface area contributed by atoms with E-state index in [9.17, 15) is 32.5 Å². The fourth-order valence-electron chi connectivity index (χ4n) is 2.22. The van der Waals surface area contributed by atoms with E-state index in [0.717, 1.165) is 18.2 Å². The average molecular weight is 465 g/mol. The van der Waals surface area contributed by atoms with Gasteiger partial charge in [-0.25, -0.2) is 4.39 Å². The second-order valence-corrected chi connectivity index (χ2v) is 6.45. The van der Waals surface area contributed by atoms with Gasteiger partial charge in [0.2, 0.25) is 0 Å². The minimum atomic E-state index is -4.59. The number of hydrogen-bond donors (Lipinski definition) is 1. The first kappa shape index (κ1) is 21.6. The Morgan fingerprint density at radius 3 is 2.54 bits per heavy atom. The van der Waals surface area contributed by atoms with Gasteiger partial charge in [0.1, 0.15) is 17.1 Å². The van der Waals surface area contributed by atoms with Gasteiger partial charge in [-0.2, -0.15) is 13.2 Å². The molecule has 2 aromatic rings. The third-order valence-electron chi connectivity index (χ3n) is 3.50. The lowest BCUT2D eigenvalue weighted by Gasteiger charge is -2.11. The van der Waals surface area contributed by atoms with E-state index >= 15 is 0 Å². The zero-order chi connectivity index (χ0) is 20.9. The number of rotatable bonds is 7. The van der Waals surface area contributed by atoms with Crippen molar-refractivity contribution in [2.45, 2.75) is 12.6 Å². The molecule has 0 fully saturated rings. The number of ether oxygens (including phenoxy) is 1. The first-order chi connectivity index (χ1) is 13.1. The van der Waals surface area contributed by atoms with Crippen LogP contribution in [0.4, 0.5) is 23.2 Å². The molecule has 2 rings (SSSR count). The molecule has 0 heterocycles. The van der Waals surface area contributed by atoms with Crippen LogP contribution in [-0.4, -0.2) is 30.2 Å². The molecular weight excluding hydrogens is 452 g/mol. The van der Waals surface area contributed by atoms with Gasteiger partial charge in [-0.15, -0.1) is 0 Å². The van der Waals surface area contributed by atoms with Gasteiger partial charge in [-0.1, -0.05) is 6.07 Å². The molecule has 28 heavy (non-hydrogen) atoms. The van der Waals surface area contributed by atoms with E-state index in [1.807, 2.05) is 0 Å². The van der Waals surface area contributed by atoms with Crippen molar-refractivity contribution >= 4 is 27.5 Å². The van der Waals surface area contributed by atoms with Crippen LogP contribution in [-0.2, 0) is 6.42 Å². The van der Waals surface area contributed by atoms with Gasteiger partial charge in [-0.3, -0.25) is 14.9 Å². The molecule has 0 saturated heterocycles. The van der Waals surface area contributed by atoms with Gasteiger partial charge >= 0.3 is 6.18 Å². The standard InChI is InChI=1S/C17H13BrF4N2O4/c18-13-7-10(1-3-14(13)19)5-6-23-16(25)12-8-11(28-9-17(20,21)22)2-4-15(12)24(26)27/h1-4,7-8H,5-6,9H2,(H,23,25). The Bertz CT molecular complexity index is 890. The summed E-state index contributed by atoms with van der Waals surface area (Å²) in [6.07, 6.45) is -4.28. The first-order valence-electron chi connectivity index (χ1n) is 7.77. The molecule has 11 heteroatoms. The zero-order valence-corrected chi connectivity index (χ0v) is 15.6. The average Bonchev–Trinajstić information content (AvgIpc) is 2.62. The Kier molecular flexibility index (Phi) is 6.95. The number of amides is 1. The summed E-state index contributed by atoms with van der Waals surface area (Å²) in [6.45, 7) is -1.52. The summed E-state index contributed by atoms with van der Waals surface area (Å²) < 4.78 is 54.7. The molecule has 6 nitrogen and oxygen atoms in total. The minimum absolute atomic E-state index is 0.0711. The summed E-state index contributed by atoms with van der Waals surface area (Å²) in [5, 5.41) is 13.5. The van der Waals surface area contributed by atoms with Crippen LogP contribution in [0.15, 0.2) is 40.9 Å². The summed E-state index contributed by atoms with van der Waals surface area (Å²) in [6, 6.07) is 7.05. The molecule has 0 atom stereocenters. The summed E-state index contributed by atoms with van der Waals surface area (Å²) in [5.74, 6) is -1.61. The maximum atomic E-state index is 13.2. The van der Waals surface area contributed by atoms with E-state index in [2.05, 4.69) is 26.0 Å². The van der Waals surface area contributed by atoms with Gasteiger partial charge < -0.3 is 10.1 Å². The van der Waals surface area contributed by atoms with E-state index < -0.39 is 40.7 Å². The van der Waals surface area contributed by atoms with Crippen LogP contribution in [0.25, 0.3) is 0 Å². The van der Waals surface area contributed by atoms with Crippen LogP contribution in [0.5, 0.6) is 5.75 Å². The minimum Gasteiger partial charge on any atom is -0.484 e. The molecule has 1 amide bonds. The maximum absolute atomic E-state index is 13.2. The van der Waals surface area contributed by atoms with Gasteiger partial charge in [0.05, 0.1) is 9.40 Å². The highest BCUT2D eigenvalue weighted by atomic mass is 79.9. The Hall–Kier alpha value is -2.69. The highest BCUT2D eigenvalue weighted by Crippen LogP contribution is 2.26. The Balaban J connectivity index is 2.08. The molecule has 2 aromatic carbocycles. The van der Waals surface area contributed by atoms with Crippen molar-refractivity contribution in [3.8, 4) is 5.75 Å². The summed E-state index contributed by atoms with van der Waals surface area (Å²) in [5.41, 5.74) is -0.295. The number of nitro benzene ring substituents is 1. The summed E-state index contributed by atoms with van der Waals surface area (Å²) >= 11 is 3.03. The molecule has 150 valence electrons. The van der Waals surface area contributed by atoms with Crippen LogP contribution in [0.2, 0.25) is 0 Å². The van der Waals surface area contributed by atoms with Crippen molar-refractivity contribution in [2.75, 3.05) is 13.2 Å². The summed E-state index contributed by atoms with van der Waals surface area (Å²) in [4.78, 5) is 22.5. The van der Waals surface area contributed by atoms with Crippen molar-refractivity contribution in [3.63, 3.8) is 0 Å². The molecule has 0 unspecified atom stereocenters. The Morgan fingerprint density at radius 1 is 1.21 bits per heavy atom. The lowest BCUT2D eigenvalue weighted by Crippen LogP contribution is -2.26. The molecule has 1 N–H and O–H groups in total. The molecular formula is C17H13BrF4N2O4. The number of nitrogens with one attached hydrogen (secondary N) is 1. The largest absolute Gasteiger partial charge is 0.484 e. The third-order valence-corrected chi connectivity index (χ3v) is 4.10. The number of carbonyl (C=O) groups excluding carboxylic acids is 1. The van der Waals surface area contributed by atoms with Gasteiger partial charge in [0.25, 0.3) is 11.6 Å². The third kappa shape index (κ3) is 6.19. The SMILES string of the molecule is O=C(NCCc1ccc(F)c(Br)c1)c1cc(OCC(F)(F)F)ccc1[N+](=O)[O-]. The number of nitro groups is 1. The lowest BCUT2D eigenvalue weighted by atomic mass is 10.1. The predicted molar refractivity (Wildman–Crippen MR) is 94.8 cm³/mol. The van der Waals surface area contributed by atoms with Crippen molar-refractivity contribution in [1.82, 2.24) is 5.32 Å². The predicted octanol–water partition coefficient (Wildman–Crippen LogP) is 4.41. The number of hydrogen-bond acceptors (Lipinski definition) is 4. The monoisotopic (exact) mass is 464 g/mol. The van der Waals surface area contributed by atoms with Crippen LogP contribution in [0, 0.1) is 15.9 Å². The molecule has 0 spiro atoms. The van der Waals surface area contributed by atoms with E-state index in [1.54, 1.807) is 0 Å². The van der Waals surface area contributed by atoms with Gasteiger partial charge in [0, 0.05) is 12.6 Å². The molecule has 0 aliphatic rings. The van der Waals surface area contributed by atoms with Crippen LogP contribution in [0.3, 0.4) is 0 Å². The van der Waals surface area contributed by atoms with Crippen LogP contribution in [0.1, 0.15) is 15.9 Å². The molecule has 0 saturated carbocycles. The fourth-order valence-corrected chi connectivity index (χ4v) is 2.65. The topological polar surface area (TPSA) is 81.5 Å². The molecule has 0 bridgehead atoms. The van der Waals surface area contributed by atoms with Crippen molar-refractivity contribution < 1.29 is 32.0 Å². The first-order valence-corrected chi connectivity index (χ1v) is 8.56. The maximum Gasteiger partial charge on any atom is 0.422 e. The lowest BCUT2D eigenvalue weighted by molar-refractivity contribution is -0.385. The van der Waals surface area contributed by atoms with Gasteiger partial charge in [-0.05, 0) is 52.2 Å². The number of alkyl halides is 3. The number of nitrogens with zero attached hydrogens (tertiary/aromatic N) is 1. The Labute approximate surface area is 164 Å². The Morgan fingerprint density at radius 2 is 1.93 bits per heavy atom. The normalized spacial score (nSPS) is 11.2. The highest BCUT2D eigenvalue weighted by molar-refractivity contribution is 9.10. The number of carbonyl (C=O) groups is 1. The number of halogens is 5. The highest BCUT2D eigenvalue weighted by Gasteiger charge is 2.29. The molecule has 0 aliphatic heterocycles. The molecule has 0 aliphatic carbocycles. The van der Waals surface area contributed by atoms with E-state index in [-0.39, 0.29) is 16.8 Å². The van der Waals surface area contributed by atoms with Crippen molar-refractivity contribution in [1.29, 1.82) is 0 Å². The van der Waals surface area contributed by atoms with Crippen LogP contribution < -0.4 is 10.1 Å². The van der Waals surface area contributed by atoms with E-state index in [0.29, 0.717) is 12.0 Å². The molecule has 0 aromatic heterocycles. The summed E-state index contributed by atoms with van der Waals surface area (Å²) in [7, 11) is 0.